The van der Waals surface area contributed by atoms with Gasteiger partial charge < -0.3 is 15.7 Å². The molecule has 0 saturated heterocycles. The first kappa shape index (κ1) is 9.73. The van der Waals surface area contributed by atoms with Crippen LogP contribution in [0.15, 0.2) is 35.3 Å². The predicted molar refractivity (Wildman–Crippen MR) is 59.5 cm³/mol. The van der Waals surface area contributed by atoms with Crippen LogP contribution >= 0.6 is 0 Å². The molecule has 78 valence electrons. The van der Waals surface area contributed by atoms with Crippen LogP contribution in [0, 0.1) is 0 Å². The summed E-state index contributed by atoms with van der Waals surface area (Å²) in [5, 5.41) is 0. The second-order valence-corrected chi connectivity index (χ2v) is 3.57. The Kier molecular flexibility index (Phi) is 2.43. The third-order valence-electron chi connectivity index (χ3n) is 2.32. The van der Waals surface area contributed by atoms with Crippen LogP contribution in [0.1, 0.15) is 18.5 Å². The van der Waals surface area contributed by atoms with Crippen molar-refractivity contribution in [3.63, 3.8) is 0 Å². The van der Waals surface area contributed by atoms with E-state index in [9.17, 15) is 4.79 Å². The van der Waals surface area contributed by atoms with Gasteiger partial charge in [-0.2, -0.15) is 0 Å². The topological polar surface area (TPSA) is 74.7 Å². The number of nitrogens with one attached hydrogen (secondary N) is 2. The van der Waals surface area contributed by atoms with Gasteiger partial charge in [0.25, 0.3) is 0 Å². The largest absolute Gasteiger partial charge is 0.324 e. The van der Waals surface area contributed by atoms with E-state index in [0.717, 1.165) is 16.8 Å². The minimum absolute atomic E-state index is 0.00406. The van der Waals surface area contributed by atoms with Gasteiger partial charge in [-0.3, -0.25) is 0 Å². The normalized spacial score (nSPS) is 12.7. The maximum atomic E-state index is 10.9. The summed E-state index contributed by atoms with van der Waals surface area (Å²) in [5.41, 5.74) is 8.38. The molecule has 1 aromatic heterocycles. The highest BCUT2D eigenvalue weighted by Gasteiger charge is 2.03. The molecule has 15 heavy (non-hydrogen) atoms. The van der Waals surface area contributed by atoms with Crippen LogP contribution in [-0.2, 0) is 0 Å². The maximum Gasteiger partial charge on any atom is 0.323 e. The van der Waals surface area contributed by atoms with Crippen molar-refractivity contribution in [2.45, 2.75) is 13.0 Å². The van der Waals surface area contributed by atoms with E-state index >= 15 is 0 Å². The smallest absolute Gasteiger partial charge is 0.323 e. The number of nitrogens with two attached hydrogens (primary N) is 1. The Bertz CT molecular complexity index is 510. The van der Waals surface area contributed by atoms with Crippen molar-refractivity contribution < 1.29 is 0 Å². The molecule has 0 fully saturated rings. The summed E-state index contributed by atoms with van der Waals surface area (Å²) >= 11 is 0. The molecular weight excluding hydrogens is 190 g/mol. The van der Waals surface area contributed by atoms with Gasteiger partial charge in [0.05, 0.1) is 5.69 Å². The van der Waals surface area contributed by atoms with Gasteiger partial charge in [0.2, 0.25) is 0 Å². The predicted octanol–water partition coefficient (Wildman–Crippen LogP) is 1.39. The quantitative estimate of drug-likeness (QED) is 0.690. The molecule has 0 bridgehead atoms. The average molecular weight is 203 g/mol. The minimum Gasteiger partial charge on any atom is -0.324 e. The Morgan fingerprint density at radius 2 is 2.20 bits per heavy atom. The average Bonchev–Trinajstić information content (AvgIpc) is 2.65. The number of aromatic nitrogens is 2. The molecule has 2 aromatic rings. The van der Waals surface area contributed by atoms with Crippen LogP contribution in [0.4, 0.5) is 0 Å². The summed E-state index contributed by atoms with van der Waals surface area (Å²) in [6.07, 6.45) is 1.66. The number of imidazole rings is 1. The van der Waals surface area contributed by atoms with Crippen LogP contribution in [0.5, 0.6) is 0 Å². The van der Waals surface area contributed by atoms with Gasteiger partial charge >= 0.3 is 5.69 Å². The monoisotopic (exact) mass is 203 g/mol. The van der Waals surface area contributed by atoms with E-state index in [0.29, 0.717) is 0 Å². The molecule has 4 N–H and O–H groups in total. The second-order valence-electron chi connectivity index (χ2n) is 3.57. The van der Waals surface area contributed by atoms with E-state index in [1.54, 1.807) is 6.20 Å². The molecule has 0 aliphatic rings. The molecule has 4 nitrogen and oxygen atoms in total. The Hall–Kier alpha value is -1.81. The summed E-state index contributed by atoms with van der Waals surface area (Å²) in [6.45, 7) is 1.93. The number of benzene rings is 1. The third-order valence-corrected chi connectivity index (χ3v) is 2.32. The van der Waals surface area contributed by atoms with Crippen LogP contribution in [0.2, 0.25) is 0 Å². The van der Waals surface area contributed by atoms with Crippen molar-refractivity contribution >= 4 is 0 Å². The van der Waals surface area contributed by atoms with Crippen molar-refractivity contribution in [2.24, 2.45) is 5.73 Å². The lowest BCUT2D eigenvalue weighted by atomic mass is 10.0. The lowest BCUT2D eigenvalue weighted by Gasteiger charge is -2.06. The molecule has 0 amide bonds. The highest BCUT2D eigenvalue weighted by molar-refractivity contribution is 5.59. The summed E-state index contributed by atoms with van der Waals surface area (Å²) in [5.74, 6) is 0. The molecule has 0 saturated carbocycles. The van der Waals surface area contributed by atoms with Crippen LogP contribution in [0.25, 0.3) is 11.3 Å². The van der Waals surface area contributed by atoms with Crippen molar-refractivity contribution in [1.29, 1.82) is 0 Å². The van der Waals surface area contributed by atoms with Crippen molar-refractivity contribution in [2.75, 3.05) is 0 Å². The SMILES string of the molecule is CC(N)c1cccc(-c2c[nH]c(=O)[nH]2)c1. The molecule has 1 atom stereocenters. The van der Waals surface area contributed by atoms with Crippen LogP contribution in [-0.4, -0.2) is 9.97 Å². The second kappa shape index (κ2) is 3.74. The highest BCUT2D eigenvalue weighted by Crippen LogP contribution is 2.19. The van der Waals surface area contributed by atoms with Crippen LogP contribution in [0.3, 0.4) is 0 Å². The molecule has 4 heteroatoms. The van der Waals surface area contributed by atoms with Gasteiger partial charge in [0.1, 0.15) is 0 Å². The number of H-pyrrole nitrogens is 2. The first-order valence-corrected chi connectivity index (χ1v) is 4.80. The van der Waals surface area contributed by atoms with Gasteiger partial charge in [0.15, 0.2) is 0 Å². The fourth-order valence-corrected chi connectivity index (χ4v) is 1.48. The van der Waals surface area contributed by atoms with Gasteiger partial charge in [-0.05, 0) is 24.1 Å². The molecule has 1 unspecified atom stereocenters. The van der Waals surface area contributed by atoms with E-state index in [1.807, 2.05) is 31.2 Å². The summed E-state index contributed by atoms with van der Waals surface area (Å²) < 4.78 is 0. The van der Waals surface area contributed by atoms with Gasteiger partial charge in [-0.1, -0.05) is 18.2 Å². The third kappa shape index (κ3) is 1.99. The Labute approximate surface area is 87.1 Å². The maximum absolute atomic E-state index is 10.9. The lowest BCUT2D eigenvalue weighted by Crippen LogP contribution is -2.04. The van der Waals surface area contributed by atoms with Gasteiger partial charge in [0, 0.05) is 12.2 Å². The van der Waals surface area contributed by atoms with E-state index in [2.05, 4.69) is 9.97 Å². The molecule has 0 spiro atoms. The highest BCUT2D eigenvalue weighted by atomic mass is 16.1. The van der Waals surface area contributed by atoms with Gasteiger partial charge in [-0.25, -0.2) is 4.79 Å². The number of rotatable bonds is 2. The van der Waals surface area contributed by atoms with E-state index in [1.165, 1.54) is 0 Å². The standard InChI is InChI=1S/C11H13N3O/c1-7(12)8-3-2-4-9(5-8)10-6-13-11(15)14-10/h2-7H,12H2,1H3,(H2,13,14,15). The Morgan fingerprint density at radius 1 is 1.40 bits per heavy atom. The Morgan fingerprint density at radius 3 is 2.80 bits per heavy atom. The zero-order chi connectivity index (χ0) is 10.8. The zero-order valence-corrected chi connectivity index (χ0v) is 8.45. The molecule has 1 aromatic carbocycles. The summed E-state index contributed by atoms with van der Waals surface area (Å²) in [4.78, 5) is 16.2. The number of hydrogen-bond acceptors (Lipinski definition) is 2. The summed E-state index contributed by atoms with van der Waals surface area (Å²) in [7, 11) is 0. The first-order chi connectivity index (χ1) is 7.16. The number of hydrogen-bond donors (Lipinski definition) is 3. The summed E-state index contributed by atoms with van der Waals surface area (Å²) in [6, 6.07) is 7.81. The van der Waals surface area contributed by atoms with Crippen LogP contribution < -0.4 is 11.4 Å². The first-order valence-electron chi connectivity index (χ1n) is 4.80. The molecule has 0 aliphatic heterocycles. The van der Waals surface area contributed by atoms with Crippen molar-refractivity contribution in [3.8, 4) is 11.3 Å². The van der Waals surface area contributed by atoms with Gasteiger partial charge in [-0.15, -0.1) is 0 Å². The van der Waals surface area contributed by atoms with E-state index in [4.69, 9.17) is 5.73 Å². The van der Waals surface area contributed by atoms with E-state index in [-0.39, 0.29) is 11.7 Å². The van der Waals surface area contributed by atoms with Crippen molar-refractivity contribution in [3.05, 3.63) is 46.5 Å². The number of aromatic amines is 2. The minimum atomic E-state index is -0.198. The molecule has 2 rings (SSSR count). The fourth-order valence-electron chi connectivity index (χ4n) is 1.48. The van der Waals surface area contributed by atoms with E-state index < -0.39 is 0 Å². The molecule has 0 radical (unpaired) electrons. The molecule has 1 heterocycles. The molecule has 0 aliphatic carbocycles. The fraction of sp³-hybridized carbons (Fsp3) is 0.182. The molecular formula is C11H13N3O. The zero-order valence-electron chi connectivity index (χ0n) is 8.45. The Balaban J connectivity index is 2.45. The van der Waals surface area contributed by atoms with Crippen molar-refractivity contribution in [1.82, 2.24) is 9.97 Å². The lowest BCUT2D eigenvalue weighted by molar-refractivity contribution is 0.818.